The molecule has 1 N–H and O–H groups in total. The summed E-state index contributed by atoms with van der Waals surface area (Å²) in [6.07, 6.45) is 4.09. The molecular weight excluding hydrogens is 134 g/mol. The number of hydrogen-bond acceptors (Lipinski definition) is 1. The smallest absolute Gasteiger partial charge is 0.0250 e. The Morgan fingerprint density at radius 3 is 2.91 bits per heavy atom. The summed E-state index contributed by atoms with van der Waals surface area (Å²) in [5, 5.41) is 7.02. The fraction of sp³-hybridized carbons (Fsp3) is 0.100. The Hall–Kier alpha value is -1.37. The highest BCUT2D eigenvalue weighted by Crippen LogP contribution is 2.03. The van der Waals surface area contributed by atoms with Crippen molar-refractivity contribution in [3.05, 3.63) is 48.0 Å². The van der Waals surface area contributed by atoms with Gasteiger partial charge < -0.3 is 5.41 Å². The minimum absolute atomic E-state index is 0.877. The quantitative estimate of drug-likeness (QED) is 0.499. The van der Waals surface area contributed by atoms with Gasteiger partial charge in [-0.05, 0) is 23.6 Å². The van der Waals surface area contributed by atoms with E-state index in [0.717, 1.165) is 12.0 Å². The molecule has 0 spiro atoms. The van der Waals surface area contributed by atoms with Crippen molar-refractivity contribution in [1.29, 1.82) is 5.41 Å². The number of hydrogen-bond donors (Lipinski definition) is 1. The highest BCUT2D eigenvalue weighted by atomic mass is 14.3. The van der Waals surface area contributed by atoms with E-state index in [2.05, 4.69) is 6.58 Å². The maximum atomic E-state index is 7.02. The molecule has 0 aliphatic heterocycles. The topological polar surface area (TPSA) is 23.9 Å². The third kappa shape index (κ3) is 2.04. The van der Waals surface area contributed by atoms with Crippen LogP contribution in [-0.2, 0) is 6.42 Å². The molecule has 1 rings (SSSR count). The van der Waals surface area contributed by atoms with Gasteiger partial charge in [-0.15, -0.1) is 6.58 Å². The van der Waals surface area contributed by atoms with E-state index in [1.165, 1.54) is 11.8 Å². The molecule has 1 aromatic rings. The second kappa shape index (κ2) is 3.71. The summed E-state index contributed by atoms with van der Waals surface area (Å²) in [4.78, 5) is 0. The van der Waals surface area contributed by atoms with Crippen molar-refractivity contribution < 1.29 is 0 Å². The molecule has 0 aliphatic carbocycles. The average molecular weight is 145 g/mol. The van der Waals surface area contributed by atoms with E-state index in [-0.39, 0.29) is 0 Å². The van der Waals surface area contributed by atoms with Crippen molar-refractivity contribution >= 4 is 6.21 Å². The van der Waals surface area contributed by atoms with Crippen molar-refractivity contribution in [1.82, 2.24) is 0 Å². The minimum atomic E-state index is 0.877. The lowest BCUT2D eigenvalue weighted by Gasteiger charge is -1.96. The van der Waals surface area contributed by atoms with E-state index in [1.54, 1.807) is 0 Å². The Morgan fingerprint density at radius 1 is 1.45 bits per heavy atom. The minimum Gasteiger partial charge on any atom is -0.308 e. The van der Waals surface area contributed by atoms with Gasteiger partial charge in [0.2, 0.25) is 0 Å². The first-order valence-corrected chi connectivity index (χ1v) is 3.57. The molecule has 0 amide bonds. The Balaban J connectivity index is 2.90. The molecule has 1 aromatic carbocycles. The van der Waals surface area contributed by atoms with Crippen LogP contribution in [0.2, 0.25) is 0 Å². The molecule has 0 fully saturated rings. The first-order chi connectivity index (χ1) is 5.36. The summed E-state index contributed by atoms with van der Waals surface area (Å²) < 4.78 is 0. The molecule has 0 unspecified atom stereocenters. The first-order valence-electron chi connectivity index (χ1n) is 3.57. The van der Waals surface area contributed by atoms with Crippen molar-refractivity contribution in [2.24, 2.45) is 0 Å². The van der Waals surface area contributed by atoms with Crippen molar-refractivity contribution in [2.45, 2.75) is 6.42 Å². The van der Waals surface area contributed by atoms with Gasteiger partial charge >= 0.3 is 0 Å². The van der Waals surface area contributed by atoms with Crippen molar-refractivity contribution in [3.63, 3.8) is 0 Å². The molecule has 11 heavy (non-hydrogen) atoms. The van der Waals surface area contributed by atoms with Crippen LogP contribution in [0.3, 0.4) is 0 Å². The van der Waals surface area contributed by atoms with Crippen LogP contribution in [0.4, 0.5) is 0 Å². The lowest BCUT2D eigenvalue weighted by Crippen LogP contribution is -1.83. The Kier molecular flexibility index (Phi) is 2.61. The van der Waals surface area contributed by atoms with Gasteiger partial charge in [0.1, 0.15) is 0 Å². The summed E-state index contributed by atoms with van der Waals surface area (Å²) in [5.74, 6) is 0. The van der Waals surface area contributed by atoms with Gasteiger partial charge in [0.05, 0.1) is 0 Å². The van der Waals surface area contributed by atoms with Crippen LogP contribution < -0.4 is 0 Å². The van der Waals surface area contributed by atoms with Gasteiger partial charge in [-0.2, -0.15) is 0 Å². The van der Waals surface area contributed by atoms with Crippen LogP contribution in [0.1, 0.15) is 11.1 Å². The fourth-order valence-electron chi connectivity index (χ4n) is 0.977. The molecule has 1 nitrogen and oxygen atoms in total. The van der Waals surface area contributed by atoms with E-state index in [1.807, 2.05) is 30.3 Å². The molecular formula is C10H11N. The highest BCUT2D eigenvalue weighted by molar-refractivity contribution is 5.77. The summed E-state index contributed by atoms with van der Waals surface area (Å²) in [5.41, 5.74) is 2.16. The maximum Gasteiger partial charge on any atom is 0.0250 e. The lowest BCUT2D eigenvalue weighted by atomic mass is 10.1. The van der Waals surface area contributed by atoms with Crippen LogP contribution in [0.15, 0.2) is 36.9 Å². The monoisotopic (exact) mass is 145 g/mol. The average Bonchev–Trinajstić information content (AvgIpc) is 2.06. The van der Waals surface area contributed by atoms with Crippen LogP contribution in [-0.4, -0.2) is 6.21 Å². The van der Waals surface area contributed by atoms with E-state index in [0.29, 0.717) is 0 Å². The summed E-state index contributed by atoms with van der Waals surface area (Å²) >= 11 is 0. The molecule has 0 saturated heterocycles. The number of benzene rings is 1. The summed E-state index contributed by atoms with van der Waals surface area (Å²) in [7, 11) is 0. The first kappa shape index (κ1) is 7.73. The van der Waals surface area contributed by atoms with E-state index < -0.39 is 0 Å². The molecule has 0 aromatic heterocycles. The van der Waals surface area contributed by atoms with Gasteiger partial charge in [0.15, 0.2) is 0 Å². The predicted molar refractivity (Wildman–Crippen MR) is 48.2 cm³/mol. The summed E-state index contributed by atoms with van der Waals surface area (Å²) in [6, 6.07) is 7.90. The molecule has 0 heterocycles. The third-order valence-corrected chi connectivity index (χ3v) is 1.50. The largest absolute Gasteiger partial charge is 0.308 e. The van der Waals surface area contributed by atoms with Crippen LogP contribution >= 0.6 is 0 Å². The normalized spacial score (nSPS) is 9.09. The third-order valence-electron chi connectivity index (χ3n) is 1.50. The number of allylic oxidation sites excluding steroid dienone is 1. The van der Waals surface area contributed by atoms with Crippen LogP contribution in [0.5, 0.6) is 0 Å². The van der Waals surface area contributed by atoms with Crippen LogP contribution in [0, 0.1) is 5.41 Å². The van der Waals surface area contributed by atoms with Crippen molar-refractivity contribution in [3.8, 4) is 0 Å². The molecule has 0 radical (unpaired) electrons. The molecule has 56 valence electrons. The fourth-order valence-corrected chi connectivity index (χ4v) is 0.977. The maximum absolute atomic E-state index is 7.02. The van der Waals surface area contributed by atoms with Gasteiger partial charge in [-0.3, -0.25) is 0 Å². The molecule has 0 atom stereocenters. The molecule has 0 bridgehead atoms. The zero-order valence-corrected chi connectivity index (χ0v) is 6.38. The van der Waals surface area contributed by atoms with Crippen LogP contribution in [0.25, 0.3) is 0 Å². The zero-order chi connectivity index (χ0) is 8.10. The lowest BCUT2D eigenvalue weighted by molar-refractivity contribution is 1.27. The van der Waals surface area contributed by atoms with Gasteiger partial charge in [-0.25, -0.2) is 0 Å². The van der Waals surface area contributed by atoms with Crippen molar-refractivity contribution in [2.75, 3.05) is 0 Å². The molecule has 1 heteroatoms. The number of rotatable bonds is 3. The van der Waals surface area contributed by atoms with E-state index in [9.17, 15) is 0 Å². The van der Waals surface area contributed by atoms with E-state index in [4.69, 9.17) is 5.41 Å². The van der Waals surface area contributed by atoms with Gasteiger partial charge in [0, 0.05) is 6.21 Å². The van der Waals surface area contributed by atoms with Gasteiger partial charge in [0.25, 0.3) is 0 Å². The Morgan fingerprint density at radius 2 is 2.27 bits per heavy atom. The predicted octanol–water partition coefficient (Wildman–Crippen LogP) is 2.41. The zero-order valence-electron chi connectivity index (χ0n) is 6.38. The standard InChI is InChI=1S/C10H11N/c1-2-4-9-5-3-6-10(7-9)8-11/h2-3,5-8,11H,1,4H2. The Labute approximate surface area is 66.9 Å². The SMILES string of the molecule is C=CCc1cccc(C=N)c1. The number of nitrogens with one attached hydrogen (secondary N) is 1. The van der Waals surface area contributed by atoms with E-state index >= 15 is 0 Å². The second-order valence-corrected chi connectivity index (χ2v) is 2.38. The molecule has 0 aliphatic rings. The summed E-state index contributed by atoms with van der Waals surface area (Å²) in [6.45, 7) is 3.65. The highest BCUT2D eigenvalue weighted by Gasteiger charge is 1.89. The second-order valence-electron chi connectivity index (χ2n) is 2.38. The van der Waals surface area contributed by atoms with Gasteiger partial charge in [-0.1, -0.05) is 24.3 Å². The molecule has 0 saturated carbocycles. The Bertz CT molecular complexity index is 263.